The number of rotatable bonds is 2. The molecule has 18 heavy (non-hydrogen) atoms. The Morgan fingerprint density at radius 2 is 2.22 bits per heavy atom. The third-order valence-corrected chi connectivity index (χ3v) is 2.87. The molecule has 0 N–H and O–H groups in total. The first kappa shape index (κ1) is 12.6. The number of ether oxygens (including phenoxy) is 1. The lowest BCUT2D eigenvalue weighted by molar-refractivity contribution is -0.141. The summed E-state index contributed by atoms with van der Waals surface area (Å²) in [5.74, 6) is -0.548. The first-order valence-corrected chi connectivity index (χ1v) is 5.64. The van der Waals surface area contributed by atoms with Gasteiger partial charge in [-0.15, -0.1) is 0 Å². The maximum absolute atomic E-state index is 12.2. The van der Waals surface area contributed by atoms with Crippen molar-refractivity contribution in [3.8, 4) is 0 Å². The molecule has 1 heterocycles. The van der Waals surface area contributed by atoms with E-state index in [-0.39, 0.29) is 17.4 Å². The highest BCUT2D eigenvalue weighted by molar-refractivity contribution is 6.28. The van der Waals surface area contributed by atoms with Crippen molar-refractivity contribution in [2.45, 2.75) is 13.5 Å². The molecule has 0 aliphatic heterocycles. The number of nitrogens with zero attached hydrogens (tertiary/aromatic N) is 2. The molecule has 0 spiro atoms. The minimum Gasteiger partial charge on any atom is -0.468 e. The van der Waals surface area contributed by atoms with E-state index in [9.17, 15) is 9.59 Å². The first-order chi connectivity index (χ1) is 8.52. The van der Waals surface area contributed by atoms with Gasteiger partial charge < -0.3 is 4.74 Å². The van der Waals surface area contributed by atoms with Gasteiger partial charge in [-0.2, -0.15) is 0 Å². The third kappa shape index (κ3) is 2.22. The topological polar surface area (TPSA) is 61.2 Å². The highest BCUT2D eigenvalue weighted by Gasteiger charge is 2.12. The van der Waals surface area contributed by atoms with Gasteiger partial charge in [0.1, 0.15) is 6.54 Å². The Kier molecular flexibility index (Phi) is 3.34. The number of benzene rings is 1. The number of hydrogen-bond donors (Lipinski definition) is 0. The summed E-state index contributed by atoms with van der Waals surface area (Å²) in [4.78, 5) is 27.5. The van der Waals surface area contributed by atoms with Crippen LogP contribution in [0.15, 0.2) is 23.0 Å². The van der Waals surface area contributed by atoms with Crippen LogP contribution in [0.5, 0.6) is 0 Å². The second kappa shape index (κ2) is 4.78. The van der Waals surface area contributed by atoms with E-state index in [0.717, 1.165) is 10.1 Å². The smallest absolute Gasteiger partial charge is 0.325 e. The molecule has 0 fully saturated rings. The predicted molar refractivity (Wildman–Crippen MR) is 67.8 cm³/mol. The molecule has 2 aromatic rings. The molecule has 6 heteroatoms. The Bertz CT molecular complexity index is 679. The standard InChI is InChI=1S/C12H11ClN2O3/c1-7-3-4-9-8(5-7)11(17)15(12(13)14-9)6-10(16)18-2/h3-5H,6H2,1-2H3. The average Bonchev–Trinajstić information content (AvgIpc) is 2.35. The van der Waals surface area contributed by atoms with E-state index >= 15 is 0 Å². The van der Waals surface area contributed by atoms with Gasteiger partial charge in [0.25, 0.3) is 5.56 Å². The Labute approximate surface area is 108 Å². The number of carbonyl (C=O) groups excluding carboxylic acids is 1. The van der Waals surface area contributed by atoms with Gasteiger partial charge in [0, 0.05) is 0 Å². The van der Waals surface area contributed by atoms with E-state index < -0.39 is 5.97 Å². The number of aryl methyl sites for hydroxylation is 1. The van der Waals surface area contributed by atoms with E-state index in [2.05, 4.69) is 9.72 Å². The molecule has 0 saturated heterocycles. The number of aromatic nitrogens is 2. The van der Waals surface area contributed by atoms with Crippen LogP contribution in [0.25, 0.3) is 10.9 Å². The number of hydrogen-bond acceptors (Lipinski definition) is 4. The summed E-state index contributed by atoms with van der Waals surface area (Å²) in [7, 11) is 1.25. The van der Waals surface area contributed by atoms with Crippen LogP contribution in [0.2, 0.25) is 5.28 Å². The van der Waals surface area contributed by atoms with Crippen LogP contribution in [0, 0.1) is 6.92 Å². The van der Waals surface area contributed by atoms with E-state index in [1.807, 2.05) is 13.0 Å². The Morgan fingerprint density at radius 3 is 2.89 bits per heavy atom. The van der Waals surface area contributed by atoms with Crippen LogP contribution in [-0.4, -0.2) is 22.6 Å². The maximum Gasteiger partial charge on any atom is 0.325 e. The van der Waals surface area contributed by atoms with Crippen LogP contribution >= 0.6 is 11.6 Å². The van der Waals surface area contributed by atoms with Crippen LogP contribution in [0.1, 0.15) is 5.56 Å². The van der Waals surface area contributed by atoms with Crippen LogP contribution in [0.3, 0.4) is 0 Å². The molecule has 0 saturated carbocycles. The zero-order chi connectivity index (χ0) is 13.3. The predicted octanol–water partition coefficient (Wildman–Crippen LogP) is 1.53. The SMILES string of the molecule is COC(=O)Cn1c(Cl)nc2ccc(C)cc2c1=O. The molecule has 94 valence electrons. The van der Waals surface area contributed by atoms with Gasteiger partial charge in [-0.25, -0.2) is 4.98 Å². The summed E-state index contributed by atoms with van der Waals surface area (Å²) in [5.41, 5.74) is 1.10. The molecule has 0 aliphatic rings. The van der Waals surface area contributed by atoms with Gasteiger partial charge in [0.05, 0.1) is 18.0 Å². The second-order valence-corrected chi connectivity index (χ2v) is 4.21. The van der Waals surface area contributed by atoms with Gasteiger partial charge in [-0.05, 0) is 30.7 Å². The summed E-state index contributed by atoms with van der Waals surface area (Å²) >= 11 is 5.89. The van der Waals surface area contributed by atoms with E-state index in [1.54, 1.807) is 12.1 Å². The fourth-order valence-electron chi connectivity index (χ4n) is 1.64. The number of halogens is 1. The largest absolute Gasteiger partial charge is 0.468 e. The van der Waals surface area contributed by atoms with Crippen molar-refractivity contribution in [2.75, 3.05) is 7.11 Å². The molecule has 1 aromatic carbocycles. The Balaban J connectivity index is 2.67. The van der Waals surface area contributed by atoms with Crippen LogP contribution in [-0.2, 0) is 16.1 Å². The third-order valence-electron chi connectivity index (χ3n) is 2.58. The summed E-state index contributed by atoms with van der Waals surface area (Å²) in [5, 5.41) is 0.407. The summed E-state index contributed by atoms with van der Waals surface area (Å²) in [6.45, 7) is 1.63. The van der Waals surface area contributed by atoms with Gasteiger partial charge in [-0.1, -0.05) is 11.6 Å². The van der Waals surface area contributed by atoms with Gasteiger partial charge in [0.15, 0.2) is 0 Å². The van der Waals surface area contributed by atoms with Crippen molar-refractivity contribution in [1.82, 2.24) is 9.55 Å². The molecule has 5 nitrogen and oxygen atoms in total. The Morgan fingerprint density at radius 1 is 1.50 bits per heavy atom. The van der Waals surface area contributed by atoms with E-state index in [1.165, 1.54) is 7.11 Å². The van der Waals surface area contributed by atoms with Gasteiger partial charge >= 0.3 is 5.97 Å². The fraction of sp³-hybridized carbons (Fsp3) is 0.250. The normalized spacial score (nSPS) is 10.6. The van der Waals surface area contributed by atoms with Crippen molar-refractivity contribution in [2.24, 2.45) is 0 Å². The molecule has 0 atom stereocenters. The van der Waals surface area contributed by atoms with Crippen molar-refractivity contribution in [3.05, 3.63) is 39.4 Å². The zero-order valence-electron chi connectivity index (χ0n) is 9.94. The maximum atomic E-state index is 12.2. The zero-order valence-corrected chi connectivity index (χ0v) is 10.7. The fourth-order valence-corrected chi connectivity index (χ4v) is 1.87. The molecule has 0 radical (unpaired) electrons. The number of methoxy groups -OCH3 is 1. The molecular formula is C12H11ClN2O3. The van der Waals surface area contributed by atoms with Gasteiger partial charge in [-0.3, -0.25) is 14.2 Å². The average molecular weight is 267 g/mol. The molecule has 0 aliphatic carbocycles. The lowest BCUT2D eigenvalue weighted by Gasteiger charge is -2.08. The lowest BCUT2D eigenvalue weighted by atomic mass is 10.2. The summed E-state index contributed by atoms with van der Waals surface area (Å²) in [6, 6.07) is 5.28. The number of fused-ring (bicyclic) bond motifs is 1. The van der Waals surface area contributed by atoms with E-state index in [0.29, 0.717) is 10.9 Å². The summed E-state index contributed by atoms with van der Waals surface area (Å²) in [6.07, 6.45) is 0. The minimum atomic E-state index is -0.548. The minimum absolute atomic E-state index is 0.0262. The second-order valence-electron chi connectivity index (χ2n) is 3.87. The highest BCUT2D eigenvalue weighted by atomic mass is 35.5. The molecule has 0 unspecified atom stereocenters. The molecule has 1 aromatic heterocycles. The number of esters is 1. The van der Waals surface area contributed by atoms with Crippen molar-refractivity contribution < 1.29 is 9.53 Å². The first-order valence-electron chi connectivity index (χ1n) is 5.26. The van der Waals surface area contributed by atoms with Crippen molar-refractivity contribution >= 4 is 28.5 Å². The van der Waals surface area contributed by atoms with Crippen LogP contribution < -0.4 is 5.56 Å². The highest BCUT2D eigenvalue weighted by Crippen LogP contribution is 2.13. The quantitative estimate of drug-likeness (QED) is 0.611. The molecular weight excluding hydrogens is 256 g/mol. The molecule has 0 amide bonds. The molecule has 0 bridgehead atoms. The molecule has 2 rings (SSSR count). The number of carbonyl (C=O) groups is 1. The van der Waals surface area contributed by atoms with Gasteiger partial charge in [0.2, 0.25) is 5.28 Å². The monoisotopic (exact) mass is 266 g/mol. The summed E-state index contributed by atoms with van der Waals surface area (Å²) < 4.78 is 5.61. The lowest BCUT2D eigenvalue weighted by Crippen LogP contribution is -2.26. The Hall–Kier alpha value is -1.88. The van der Waals surface area contributed by atoms with E-state index in [4.69, 9.17) is 11.6 Å². The van der Waals surface area contributed by atoms with Crippen molar-refractivity contribution in [3.63, 3.8) is 0 Å². The van der Waals surface area contributed by atoms with Crippen molar-refractivity contribution in [1.29, 1.82) is 0 Å². The van der Waals surface area contributed by atoms with Crippen LogP contribution in [0.4, 0.5) is 0 Å².